The van der Waals surface area contributed by atoms with Crippen LogP contribution in [-0.4, -0.2) is 39.2 Å². The molecule has 0 spiro atoms. The van der Waals surface area contributed by atoms with Crippen LogP contribution >= 0.6 is 23.1 Å². The number of benzene rings is 1. The molecule has 0 saturated carbocycles. The van der Waals surface area contributed by atoms with Crippen molar-refractivity contribution in [3.63, 3.8) is 0 Å². The van der Waals surface area contributed by atoms with Crippen LogP contribution < -0.4 is 4.74 Å². The van der Waals surface area contributed by atoms with Gasteiger partial charge in [0.15, 0.2) is 0 Å². The summed E-state index contributed by atoms with van der Waals surface area (Å²) in [6.45, 7) is 1.97. The molecule has 2 aliphatic rings. The summed E-state index contributed by atoms with van der Waals surface area (Å²) in [5, 5.41) is 14.9. The molecule has 0 N–H and O–H groups in total. The third kappa shape index (κ3) is 4.43. The van der Waals surface area contributed by atoms with E-state index in [9.17, 15) is 0 Å². The molecule has 0 bridgehead atoms. The van der Waals surface area contributed by atoms with Gasteiger partial charge in [-0.3, -0.25) is 0 Å². The maximum absolute atomic E-state index is 8.60. The van der Waals surface area contributed by atoms with Crippen molar-refractivity contribution in [3.05, 3.63) is 40.8 Å². The van der Waals surface area contributed by atoms with Crippen molar-refractivity contribution in [2.24, 2.45) is 5.16 Å². The Morgan fingerprint density at radius 2 is 2.14 bits per heavy atom. The van der Waals surface area contributed by atoms with Gasteiger partial charge in [0.05, 0.1) is 22.1 Å². The van der Waals surface area contributed by atoms with Crippen molar-refractivity contribution >= 4 is 28.8 Å². The van der Waals surface area contributed by atoms with Gasteiger partial charge in [0.25, 0.3) is 0 Å². The topological polar surface area (TPSA) is 73.1 Å². The Hall–Kier alpha value is -2.05. The fraction of sp³-hybridized carbons (Fsp3) is 0.429. The van der Waals surface area contributed by atoms with Crippen LogP contribution in [-0.2, 0) is 19.9 Å². The smallest absolute Gasteiger partial charge is 0.202 e. The predicted octanol–water partition coefficient (Wildman–Crippen LogP) is 4.58. The molecular formula is C21H22N2O4S2. The average Bonchev–Trinajstić information content (AvgIpc) is 3.23. The van der Waals surface area contributed by atoms with Crippen LogP contribution in [0.25, 0.3) is 0 Å². The molecule has 3 heterocycles. The highest BCUT2D eigenvalue weighted by Crippen LogP contribution is 2.42. The number of ether oxygens (including phenoxy) is 3. The molecule has 0 unspecified atom stereocenters. The first-order valence-corrected chi connectivity index (χ1v) is 11.2. The molecule has 1 aromatic carbocycles. The van der Waals surface area contributed by atoms with Crippen molar-refractivity contribution in [2.75, 3.05) is 33.5 Å². The van der Waals surface area contributed by atoms with Gasteiger partial charge in [0.2, 0.25) is 6.61 Å². The fourth-order valence-electron chi connectivity index (χ4n) is 3.59. The molecule has 2 aromatic rings. The Balaban J connectivity index is 1.50. The van der Waals surface area contributed by atoms with Crippen LogP contribution in [0.2, 0.25) is 0 Å². The molecule has 8 heteroatoms. The molecular weight excluding hydrogens is 408 g/mol. The number of nitriles is 1. The Bertz CT molecular complexity index is 929. The van der Waals surface area contributed by atoms with E-state index in [2.05, 4.69) is 22.7 Å². The quantitative estimate of drug-likeness (QED) is 0.493. The minimum absolute atomic E-state index is 0.0522. The number of nitrogens with zero attached hydrogens (tertiary/aromatic N) is 2. The lowest BCUT2D eigenvalue weighted by molar-refractivity contribution is -0.0946. The first-order valence-electron chi connectivity index (χ1n) is 9.47. The lowest BCUT2D eigenvalue weighted by Crippen LogP contribution is -2.35. The zero-order valence-corrected chi connectivity index (χ0v) is 17.8. The van der Waals surface area contributed by atoms with Gasteiger partial charge in [0, 0.05) is 50.0 Å². The van der Waals surface area contributed by atoms with E-state index in [0.29, 0.717) is 13.0 Å². The molecule has 1 aromatic heterocycles. The lowest BCUT2D eigenvalue weighted by Gasteiger charge is -2.35. The van der Waals surface area contributed by atoms with Crippen molar-refractivity contribution < 1.29 is 19.0 Å². The molecule has 2 aliphatic heterocycles. The lowest BCUT2D eigenvalue weighted by atomic mass is 9.88. The molecule has 0 aliphatic carbocycles. The summed E-state index contributed by atoms with van der Waals surface area (Å²) in [5.41, 5.74) is 2.74. The Kier molecular flexibility index (Phi) is 6.40. The fourth-order valence-corrected chi connectivity index (χ4v) is 5.65. The van der Waals surface area contributed by atoms with E-state index >= 15 is 0 Å². The molecule has 0 atom stereocenters. The number of hydrogen-bond donors (Lipinski definition) is 0. The summed E-state index contributed by atoms with van der Waals surface area (Å²) >= 11 is 3.45. The second-order valence-electron chi connectivity index (χ2n) is 6.79. The Labute approximate surface area is 178 Å². The van der Waals surface area contributed by atoms with E-state index < -0.39 is 0 Å². The number of thiophene rings is 1. The maximum Gasteiger partial charge on any atom is 0.202 e. The maximum atomic E-state index is 8.60. The highest BCUT2D eigenvalue weighted by Gasteiger charge is 2.35. The van der Waals surface area contributed by atoms with Crippen molar-refractivity contribution in [1.29, 1.82) is 5.26 Å². The number of methoxy groups -OCH3 is 1. The molecule has 1 fully saturated rings. The molecule has 6 nitrogen and oxygen atoms in total. The zero-order valence-electron chi connectivity index (χ0n) is 16.2. The molecule has 4 rings (SSSR count). The summed E-state index contributed by atoms with van der Waals surface area (Å²) in [7, 11) is 1.79. The first kappa shape index (κ1) is 20.2. The highest BCUT2D eigenvalue weighted by atomic mass is 32.2. The van der Waals surface area contributed by atoms with E-state index in [0.717, 1.165) is 48.0 Å². The van der Waals surface area contributed by atoms with E-state index in [1.165, 1.54) is 9.77 Å². The van der Waals surface area contributed by atoms with Gasteiger partial charge >= 0.3 is 0 Å². The molecule has 29 heavy (non-hydrogen) atoms. The Morgan fingerprint density at radius 1 is 1.28 bits per heavy atom. The summed E-state index contributed by atoms with van der Waals surface area (Å²) < 4.78 is 18.5. The number of hydrogen-bond acceptors (Lipinski definition) is 8. The third-order valence-corrected chi connectivity index (χ3v) is 7.24. The summed E-state index contributed by atoms with van der Waals surface area (Å²) in [6.07, 6.45) is 2.43. The normalized spacial score (nSPS) is 19.2. The first-order chi connectivity index (χ1) is 14.2. The van der Waals surface area contributed by atoms with Crippen LogP contribution in [0, 0.1) is 11.3 Å². The second-order valence-corrected chi connectivity index (χ2v) is 9.08. The van der Waals surface area contributed by atoms with Gasteiger partial charge < -0.3 is 19.0 Å². The van der Waals surface area contributed by atoms with Gasteiger partial charge in [-0.1, -0.05) is 16.9 Å². The van der Waals surface area contributed by atoms with Crippen LogP contribution in [0.1, 0.15) is 30.4 Å². The number of oxime groups is 1. The Morgan fingerprint density at radius 3 is 2.93 bits per heavy atom. The van der Waals surface area contributed by atoms with Crippen LogP contribution in [0.15, 0.2) is 43.9 Å². The predicted molar refractivity (Wildman–Crippen MR) is 112 cm³/mol. The van der Waals surface area contributed by atoms with Gasteiger partial charge in [-0.25, -0.2) is 0 Å². The van der Waals surface area contributed by atoms with Crippen molar-refractivity contribution in [1.82, 2.24) is 0 Å². The zero-order chi connectivity index (χ0) is 20.1. The van der Waals surface area contributed by atoms with Gasteiger partial charge in [-0.05, 0) is 35.2 Å². The summed E-state index contributed by atoms with van der Waals surface area (Å²) in [5.74, 6) is 0.801. The van der Waals surface area contributed by atoms with E-state index in [1.54, 1.807) is 30.2 Å². The second kappa shape index (κ2) is 9.18. The summed E-state index contributed by atoms with van der Waals surface area (Å²) in [4.78, 5) is 6.14. The van der Waals surface area contributed by atoms with Crippen LogP contribution in [0.4, 0.5) is 0 Å². The van der Waals surface area contributed by atoms with Gasteiger partial charge in [-0.2, -0.15) is 5.26 Å². The average molecular weight is 431 g/mol. The standard InChI is InChI=1S/C21H22N2O4S2/c1-24-21(5-9-25-10-6-21)15-12-20(28-14-15)29-16-2-3-17-18(23-27-11-7-22)4-8-26-19(17)13-16/h2-3,12-14H,4-6,8-11H2,1H3/b23-18+. The SMILES string of the molecule is COC1(c2csc(Sc3ccc4c(c3)OCC/C4=N\OCC#N)c2)CCOCC1. The minimum Gasteiger partial charge on any atom is -0.492 e. The van der Waals surface area contributed by atoms with Crippen molar-refractivity contribution in [3.8, 4) is 11.8 Å². The summed E-state index contributed by atoms with van der Waals surface area (Å²) in [6, 6.07) is 10.3. The molecule has 152 valence electrons. The van der Waals surface area contributed by atoms with Gasteiger partial charge in [0.1, 0.15) is 11.8 Å². The number of fused-ring (bicyclic) bond motifs is 1. The monoisotopic (exact) mass is 430 g/mol. The van der Waals surface area contributed by atoms with Crippen LogP contribution in [0.5, 0.6) is 5.75 Å². The third-order valence-electron chi connectivity index (χ3n) is 5.18. The van der Waals surface area contributed by atoms with Crippen LogP contribution in [0.3, 0.4) is 0 Å². The van der Waals surface area contributed by atoms with E-state index in [4.69, 9.17) is 24.3 Å². The number of rotatable bonds is 6. The van der Waals surface area contributed by atoms with E-state index in [1.807, 2.05) is 18.2 Å². The molecule has 1 saturated heterocycles. The van der Waals surface area contributed by atoms with Gasteiger partial charge in [-0.15, -0.1) is 11.3 Å². The molecule has 0 amide bonds. The van der Waals surface area contributed by atoms with E-state index in [-0.39, 0.29) is 12.2 Å². The minimum atomic E-state index is -0.235. The largest absolute Gasteiger partial charge is 0.492 e. The highest BCUT2D eigenvalue weighted by molar-refractivity contribution is 8.01. The molecule has 0 radical (unpaired) electrons. The van der Waals surface area contributed by atoms with Crippen molar-refractivity contribution in [2.45, 2.75) is 34.0 Å².